The molecule has 0 saturated carbocycles. The van der Waals surface area contributed by atoms with Gasteiger partial charge in [-0.1, -0.05) is 26.7 Å². The molecule has 0 aliphatic heterocycles. The summed E-state index contributed by atoms with van der Waals surface area (Å²) < 4.78 is 25.1. The highest BCUT2D eigenvalue weighted by atomic mass is 19.3. The SMILES string of the molecule is CCC(CC)CNCC(F)(F)C(=O)O. The molecule has 0 aliphatic rings. The van der Waals surface area contributed by atoms with E-state index in [4.69, 9.17) is 5.11 Å². The van der Waals surface area contributed by atoms with Crippen LogP contribution in [0.15, 0.2) is 0 Å². The van der Waals surface area contributed by atoms with Crippen molar-refractivity contribution in [3.63, 3.8) is 0 Å². The maximum absolute atomic E-state index is 12.5. The fourth-order valence-electron chi connectivity index (χ4n) is 1.09. The summed E-state index contributed by atoms with van der Waals surface area (Å²) in [6.07, 6.45) is 1.81. The molecule has 0 amide bonds. The number of halogens is 2. The molecule has 0 rings (SSSR count). The Balaban J connectivity index is 3.78. The van der Waals surface area contributed by atoms with Gasteiger partial charge in [0, 0.05) is 0 Å². The lowest BCUT2D eigenvalue weighted by Gasteiger charge is -2.16. The molecule has 0 heterocycles. The van der Waals surface area contributed by atoms with Crippen molar-refractivity contribution in [1.82, 2.24) is 5.32 Å². The van der Waals surface area contributed by atoms with Gasteiger partial charge in [0.1, 0.15) is 0 Å². The van der Waals surface area contributed by atoms with Crippen LogP contribution in [0.2, 0.25) is 0 Å². The van der Waals surface area contributed by atoms with Gasteiger partial charge in [-0.2, -0.15) is 8.78 Å². The first-order valence-corrected chi connectivity index (χ1v) is 4.76. The van der Waals surface area contributed by atoms with Crippen molar-refractivity contribution in [3.8, 4) is 0 Å². The molecular formula is C9H17F2NO2. The second-order valence-electron chi connectivity index (χ2n) is 3.32. The molecule has 0 saturated heterocycles. The number of aliphatic carboxylic acids is 1. The largest absolute Gasteiger partial charge is 0.477 e. The van der Waals surface area contributed by atoms with Gasteiger partial charge >= 0.3 is 11.9 Å². The van der Waals surface area contributed by atoms with Gasteiger partial charge in [-0.3, -0.25) is 0 Å². The number of carboxylic acid groups (broad SMARTS) is 1. The highest BCUT2D eigenvalue weighted by molar-refractivity contribution is 5.75. The van der Waals surface area contributed by atoms with E-state index in [1.54, 1.807) is 0 Å². The van der Waals surface area contributed by atoms with Gasteiger partial charge < -0.3 is 10.4 Å². The van der Waals surface area contributed by atoms with E-state index in [9.17, 15) is 13.6 Å². The van der Waals surface area contributed by atoms with E-state index in [2.05, 4.69) is 5.32 Å². The standard InChI is InChI=1S/C9H17F2NO2/c1-3-7(4-2)5-12-6-9(10,11)8(13)14/h7,12H,3-6H2,1-2H3,(H,13,14). The second-order valence-corrected chi connectivity index (χ2v) is 3.32. The van der Waals surface area contributed by atoms with Crippen molar-refractivity contribution in [2.24, 2.45) is 5.92 Å². The summed E-state index contributed by atoms with van der Waals surface area (Å²) in [5.41, 5.74) is 0. The molecule has 14 heavy (non-hydrogen) atoms. The Morgan fingerprint density at radius 3 is 2.29 bits per heavy atom. The first kappa shape index (κ1) is 13.3. The number of carbonyl (C=O) groups is 1. The minimum absolute atomic E-state index is 0.333. The maximum atomic E-state index is 12.5. The molecule has 0 fully saturated rings. The molecule has 0 spiro atoms. The number of hydrogen-bond donors (Lipinski definition) is 2. The third-order valence-electron chi connectivity index (χ3n) is 2.25. The van der Waals surface area contributed by atoms with Gasteiger partial charge in [-0.15, -0.1) is 0 Å². The molecule has 0 aromatic rings. The molecule has 0 aromatic heterocycles. The van der Waals surface area contributed by atoms with Crippen molar-refractivity contribution in [2.75, 3.05) is 13.1 Å². The zero-order chi connectivity index (χ0) is 11.2. The van der Waals surface area contributed by atoms with Crippen LogP contribution in [0.5, 0.6) is 0 Å². The average Bonchev–Trinajstić information content (AvgIpc) is 2.12. The molecule has 0 atom stereocenters. The number of nitrogens with one attached hydrogen (secondary N) is 1. The molecule has 84 valence electrons. The van der Waals surface area contributed by atoms with Crippen molar-refractivity contribution in [3.05, 3.63) is 0 Å². The highest BCUT2D eigenvalue weighted by Gasteiger charge is 2.38. The summed E-state index contributed by atoms with van der Waals surface area (Å²) in [6.45, 7) is 3.60. The molecule has 0 unspecified atom stereocenters. The summed E-state index contributed by atoms with van der Waals surface area (Å²) in [5, 5.41) is 10.6. The van der Waals surface area contributed by atoms with Crippen LogP contribution in [0.3, 0.4) is 0 Å². The van der Waals surface area contributed by atoms with Gasteiger partial charge in [0.2, 0.25) is 0 Å². The normalized spacial score (nSPS) is 12.1. The number of hydrogen-bond acceptors (Lipinski definition) is 2. The third kappa shape index (κ3) is 4.50. The van der Waals surface area contributed by atoms with Crippen LogP contribution >= 0.6 is 0 Å². The molecule has 0 radical (unpaired) electrons. The van der Waals surface area contributed by atoms with Crippen LogP contribution in [0, 0.1) is 5.92 Å². The highest BCUT2D eigenvalue weighted by Crippen LogP contribution is 2.12. The Hall–Kier alpha value is -0.710. The van der Waals surface area contributed by atoms with E-state index in [0.717, 1.165) is 12.8 Å². The van der Waals surface area contributed by atoms with Gasteiger partial charge in [0.05, 0.1) is 6.54 Å². The summed E-state index contributed by atoms with van der Waals surface area (Å²) in [5.74, 6) is -5.40. The Morgan fingerprint density at radius 2 is 1.93 bits per heavy atom. The number of rotatable bonds is 7. The third-order valence-corrected chi connectivity index (χ3v) is 2.25. The Bertz CT molecular complexity index is 182. The van der Waals surface area contributed by atoms with Crippen molar-refractivity contribution in [2.45, 2.75) is 32.6 Å². The maximum Gasteiger partial charge on any atom is 0.375 e. The predicted molar refractivity (Wildman–Crippen MR) is 49.5 cm³/mol. The van der Waals surface area contributed by atoms with Crippen LogP contribution in [0.4, 0.5) is 8.78 Å². The monoisotopic (exact) mass is 209 g/mol. The minimum atomic E-state index is -3.66. The van der Waals surface area contributed by atoms with Crippen molar-refractivity contribution in [1.29, 1.82) is 0 Å². The molecule has 3 nitrogen and oxygen atoms in total. The molecule has 5 heteroatoms. The zero-order valence-electron chi connectivity index (χ0n) is 8.52. The first-order chi connectivity index (χ1) is 6.44. The van der Waals surface area contributed by atoms with Crippen LogP contribution in [0.25, 0.3) is 0 Å². The lowest BCUT2D eigenvalue weighted by molar-refractivity contribution is -0.164. The van der Waals surface area contributed by atoms with Crippen LogP contribution < -0.4 is 5.32 Å². The molecule has 0 bridgehead atoms. The van der Waals surface area contributed by atoms with E-state index < -0.39 is 18.4 Å². The van der Waals surface area contributed by atoms with Gasteiger partial charge in [-0.25, -0.2) is 4.79 Å². The Labute approximate surface area is 82.5 Å². The van der Waals surface area contributed by atoms with Gasteiger partial charge in [0.15, 0.2) is 0 Å². The Kier molecular flexibility index (Phi) is 5.60. The summed E-state index contributed by atoms with van der Waals surface area (Å²) in [6, 6.07) is 0. The van der Waals surface area contributed by atoms with E-state index in [0.29, 0.717) is 12.5 Å². The lowest BCUT2D eigenvalue weighted by atomic mass is 10.0. The fourth-order valence-corrected chi connectivity index (χ4v) is 1.09. The lowest BCUT2D eigenvalue weighted by Crippen LogP contribution is -2.41. The topological polar surface area (TPSA) is 49.3 Å². The molecule has 2 N–H and O–H groups in total. The number of carboxylic acids is 1. The zero-order valence-corrected chi connectivity index (χ0v) is 8.52. The van der Waals surface area contributed by atoms with E-state index >= 15 is 0 Å². The summed E-state index contributed by atoms with van der Waals surface area (Å²) in [7, 11) is 0. The average molecular weight is 209 g/mol. The fraction of sp³-hybridized carbons (Fsp3) is 0.889. The molecule has 0 aromatic carbocycles. The van der Waals surface area contributed by atoms with Gasteiger partial charge in [-0.05, 0) is 12.5 Å². The molecular weight excluding hydrogens is 192 g/mol. The Morgan fingerprint density at radius 1 is 1.43 bits per heavy atom. The van der Waals surface area contributed by atoms with Crippen LogP contribution in [-0.4, -0.2) is 30.1 Å². The van der Waals surface area contributed by atoms with Crippen molar-refractivity contribution < 1.29 is 18.7 Å². The quantitative estimate of drug-likeness (QED) is 0.671. The van der Waals surface area contributed by atoms with E-state index in [-0.39, 0.29) is 0 Å². The van der Waals surface area contributed by atoms with E-state index in [1.165, 1.54) is 0 Å². The molecule has 0 aliphatic carbocycles. The summed E-state index contributed by atoms with van der Waals surface area (Å²) >= 11 is 0. The smallest absolute Gasteiger partial charge is 0.375 e. The second kappa shape index (κ2) is 5.90. The first-order valence-electron chi connectivity index (χ1n) is 4.76. The minimum Gasteiger partial charge on any atom is -0.477 e. The van der Waals surface area contributed by atoms with E-state index in [1.807, 2.05) is 13.8 Å². The van der Waals surface area contributed by atoms with Crippen LogP contribution in [0.1, 0.15) is 26.7 Å². The van der Waals surface area contributed by atoms with Gasteiger partial charge in [0.25, 0.3) is 0 Å². The van der Waals surface area contributed by atoms with Crippen molar-refractivity contribution >= 4 is 5.97 Å². The summed E-state index contributed by atoms with van der Waals surface area (Å²) in [4.78, 5) is 10.0. The van der Waals surface area contributed by atoms with Crippen LogP contribution in [-0.2, 0) is 4.79 Å². The number of alkyl halides is 2. The predicted octanol–water partition coefficient (Wildman–Crippen LogP) is 1.73.